The zero-order valence-corrected chi connectivity index (χ0v) is 12.6. The largest absolute Gasteiger partial charge is 0.515 e. The van der Waals surface area contributed by atoms with Crippen molar-refractivity contribution in [2.75, 3.05) is 12.9 Å². The molecule has 2 fully saturated rings. The van der Waals surface area contributed by atoms with Crippen molar-refractivity contribution in [3.63, 3.8) is 0 Å². The number of hydrogen-bond acceptors (Lipinski definition) is 6. The Morgan fingerprint density at radius 3 is 2.55 bits per heavy atom. The molecular formula is C13H17NO5S. The minimum Gasteiger partial charge on any atom is -0.515 e. The van der Waals surface area contributed by atoms with Crippen LogP contribution in [0.3, 0.4) is 0 Å². The van der Waals surface area contributed by atoms with E-state index in [1.807, 2.05) is 20.8 Å². The predicted molar refractivity (Wildman–Crippen MR) is 73.0 cm³/mol. The van der Waals surface area contributed by atoms with E-state index in [9.17, 15) is 14.4 Å². The number of nitrogens with zero attached hydrogens (tertiary/aromatic N) is 1. The topological polar surface area (TPSA) is 83.9 Å². The molecule has 0 spiro atoms. The maximum absolute atomic E-state index is 12.4. The van der Waals surface area contributed by atoms with E-state index in [0.29, 0.717) is 6.26 Å². The summed E-state index contributed by atoms with van der Waals surface area (Å²) in [4.78, 5) is 38.2. The smallest absolute Gasteiger partial charge is 0.340 e. The molecule has 0 aromatic carbocycles. The molecule has 2 atom stereocenters. The maximum Gasteiger partial charge on any atom is 0.340 e. The second-order valence-electron chi connectivity index (χ2n) is 5.93. The third kappa shape index (κ3) is 1.69. The summed E-state index contributed by atoms with van der Waals surface area (Å²) >= 11 is 1.38. The molecule has 0 aliphatic carbocycles. The van der Waals surface area contributed by atoms with Crippen LogP contribution < -0.4 is 0 Å². The summed E-state index contributed by atoms with van der Waals surface area (Å²) in [6.07, 6.45) is 0.484. The fraction of sp³-hybridized carbons (Fsp3) is 0.615. The summed E-state index contributed by atoms with van der Waals surface area (Å²) in [7, 11) is 1.18. The zero-order valence-electron chi connectivity index (χ0n) is 11.8. The highest BCUT2D eigenvalue weighted by Crippen LogP contribution is 2.50. The van der Waals surface area contributed by atoms with E-state index in [-0.39, 0.29) is 22.1 Å². The summed E-state index contributed by atoms with van der Waals surface area (Å²) in [5, 5.41) is 8.79. The normalized spacial score (nSPS) is 31.9. The Kier molecular flexibility index (Phi) is 3.36. The van der Waals surface area contributed by atoms with Gasteiger partial charge in [-0.1, -0.05) is 20.8 Å². The van der Waals surface area contributed by atoms with Crippen molar-refractivity contribution in [1.82, 2.24) is 4.90 Å². The molecule has 1 N–H and O–H groups in total. The Balaban J connectivity index is 2.61. The van der Waals surface area contributed by atoms with Crippen molar-refractivity contribution >= 4 is 29.4 Å². The second-order valence-corrected chi connectivity index (χ2v) is 7.00. The van der Waals surface area contributed by atoms with E-state index in [1.54, 1.807) is 0 Å². The number of aliphatic hydroxyl groups is 1. The van der Waals surface area contributed by atoms with Crippen LogP contribution in [0, 0.1) is 5.41 Å². The number of esters is 1. The number of ketones is 1. The summed E-state index contributed by atoms with van der Waals surface area (Å²) < 4.78 is 4.74. The van der Waals surface area contributed by atoms with E-state index < -0.39 is 23.2 Å². The Morgan fingerprint density at radius 2 is 2.10 bits per heavy atom. The average molecular weight is 299 g/mol. The van der Waals surface area contributed by atoms with Gasteiger partial charge in [0.2, 0.25) is 11.3 Å². The van der Waals surface area contributed by atoms with Gasteiger partial charge >= 0.3 is 5.97 Å². The van der Waals surface area contributed by atoms with Crippen molar-refractivity contribution in [2.45, 2.75) is 31.7 Å². The first-order valence-corrected chi connectivity index (χ1v) is 7.19. The van der Waals surface area contributed by atoms with Gasteiger partial charge < -0.3 is 14.7 Å². The van der Waals surface area contributed by atoms with Crippen LogP contribution in [0.5, 0.6) is 0 Å². The number of carbonyl (C=O) groups is 3. The molecule has 7 heteroatoms. The molecule has 110 valence electrons. The number of carbonyl (C=O) groups excluding carboxylic acids is 3. The lowest BCUT2D eigenvalue weighted by molar-refractivity contribution is -0.159. The van der Waals surface area contributed by atoms with Gasteiger partial charge in [0.25, 0.3) is 5.91 Å². The number of hydrogen-bond donors (Lipinski definition) is 1. The zero-order chi connectivity index (χ0) is 15.3. The molecule has 2 aliphatic heterocycles. The first kappa shape index (κ1) is 14.9. The van der Waals surface area contributed by atoms with Crippen molar-refractivity contribution < 1.29 is 24.2 Å². The van der Waals surface area contributed by atoms with E-state index in [0.717, 1.165) is 0 Å². The molecule has 20 heavy (non-hydrogen) atoms. The highest BCUT2D eigenvalue weighted by atomic mass is 32.2. The predicted octanol–water partition coefficient (Wildman–Crippen LogP) is 0.870. The van der Waals surface area contributed by atoms with Gasteiger partial charge in [0.1, 0.15) is 5.57 Å². The van der Waals surface area contributed by atoms with Crippen LogP contribution in [0.2, 0.25) is 0 Å². The average Bonchev–Trinajstić information content (AvgIpc) is 2.86. The molecule has 0 bridgehead atoms. The first-order chi connectivity index (χ1) is 9.21. The summed E-state index contributed by atoms with van der Waals surface area (Å²) in [6, 6.07) is 0. The molecule has 0 unspecified atom stereocenters. The van der Waals surface area contributed by atoms with Gasteiger partial charge in [0.15, 0.2) is 0 Å². The summed E-state index contributed by atoms with van der Waals surface area (Å²) in [5.41, 5.74) is -2.31. The van der Waals surface area contributed by atoms with Crippen LogP contribution in [-0.2, 0) is 19.1 Å². The number of methoxy groups -OCH3 is 1. The van der Waals surface area contributed by atoms with Gasteiger partial charge in [-0.3, -0.25) is 9.59 Å². The van der Waals surface area contributed by atoms with Gasteiger partial charge in [0.05, 0.1) is 18.7 Å². The van der Waals surface area contributed by atoms with Gasteiger partial charge in [-0.25, -0.2) is 4.79 Å². The number of thioether (sulfide) groups is 1. The van der Waals surface area contributed by atoms with Crippen molar-refractivity contribution in [2.24, 2.45) is 5.41 Å². The molecule has 2 saturated heterocycles. The van der Waals surface area contributed by atoms with E-state index >= 15 is 0 Å². The standard InChI is InChI=1S/C13H17NO5S/c1-12(2,3)10-14-9(17)7(5-15)8(16)13(14,6-20-10)11(18)19-4/h5,10,15H,6H2,1-4H3/b7-5-/t10-,13-/m1/s1. The molecule has 0 saturated carbocycles. The number of ether oxygens (including phenoxy) is 1. The second kappa shape index (κ2) is 4.51. The third-order valence-electron chi connectivity index (χ3n) is 3.56. The van der Waals surface area contributed by atoms with Crippen LogP contribution in [0.4, 0.5) is 0 Å². The van der Waals surface area contributed by atoms with Crippen molar-refractivity contribution in [1.29, 1.82) is 0 Å². The number of rotatable bonds is 1. The number of Topliss-reactive ketones (excluding diaryl/α,β-unsaturated/α-hetero) is 1. The SMILES string of the molecule is COC(=O)[C@]12CS[C@H](C(C)(C)C)N1C(=O)/C(=C\O)C2=O. The molecule has 0 radical (unpaired) electrons. The molecule has 1 amide bonds. The van der Waals surface area contributed by atoms with Crippen molar-refractivity contribution in [3.8, 4) is 0 Å². The Labute approximate surface area is 121 Å². The Hall–Kier alpha value is -1.50. The van der Waals surface area contributed by atoms with Crippen LogP contribution in [0.25, 0.3) is 0 Å². The van der Waals surface area contributed by atoms with Gasteiger partial charge in [-0.2, -0.15) is 0 Å². The van der Waals surface area contributed by atoms with E-state index in [2.05, 4.69) is 0 Å². The minimum atomic E-state index is -1.64. The first-order valence-electron chi connectivity index (χ1n) is 6.14. The maximum atomic E-state index is 12.4. The van der Waals surface area contributed by atoms with Crippen LogP contribution in [-0.4, -0.2) is 51.4 Å². The molecule has 6 nitrogen and oxygen atoms in total. The minimum absolute atomic E-state index is 0.142. The lowest BCUT2D eigenvalue weighted by Gasteiger charge is -2.36. The van der Waals surface area contributed by atoms with Crippen molar-refractivity contribution in [3.05, 3.63) is 11.8 Å². The molecule has 0 aromatic rings. The highest BCUT2D eigenvalue weighted by Gasteiger charge is 2.68. The molecule has 2 heterocycles. The van der Waals surface area contributed by atoms with Gasteiger partial charge in [-0.05, 0) is 5.41 Å². The van der Waals surface area contributed by atoms with Crippen LogP contribution in [0.15, 0.2) is 11.8 Å². The molecule has 2 aliphatic rings. The number of amides is 1. The van der Waals surface area contributed by atoms with Gasteiger partial charge in [0, 0.05) is 5.75 Å². The summed E-state index contributed by atoms with van der Waals surface area (Å²) in [6.45, 7) is 5.78. The molecule has 0 aromatic heterocycles. The highest BCUT2D eigenvalue weighted by molar-refractivity contribution is 8.00. The van der Waals surface area contributed by atoms with Gasteiger partial charge in [-0.15, -0.1) is 11.8 Å². The number of fused-ring (bicyclic) bond motifs is 1. The number of aliphatic hydroxyl groups excluding tert-OH is 1. The summed E-state index contributed by atoms with van der Waals surface area (Å²) in [5.74, 6) is -1.92. The fourth-order valence-electron chi connectivity index (χ4n) is 2.62. The molecule has 2 rings (SSSR count). The monoisotopic (exact) mass is 299 g/mol. The van der Waals surface area contributed by atoms with Crippen LogP contribution >= 0.6 is 11.8 Å². The third-order valence-corrected chi connectivity index (χ3v) is 5.38. The lowest BCUT2D eigenvalue weighted by Crippen LogP contribution is -2.57. The Morgan fingerprint density at radius 1 is 1.50 bits per heavy atom. The quantitative estimate of drug-likeness (QED) is 0.254. The fourth-order valence-corrected chi connectivity index (χ4v) is 4.33. The Bertz CT molecular complexity index is 521. The lowest BCUT2D eigenvalue weighted by atomic mass is 9.91. The molecular weight excluding hydrogens is 282 g/mol. The van der Waals surface area contributed by atoms with E-state index in [1.165, 1.54) is 23.8 Å². The van der Waals surface area contributed by atoms with Crippen LogP contribution in [0.1, 0.15) is 20.8 Å². The van der Waals surface area contributed by atoms with E-state index in [4.69, 9.17) is 9.84 Å².